The van der Waals surface area contributed by atoms with Gasteiger partial charge in [-0.2, -0.15) is 13.2 Å². The monoisotopic (exact) mass is 278 g/mol. The predicted molar refractivity (Wildman–Crippen MR) is 55.5 cm³/mol. The molecule has 0 aliphatic carbocycles. The molecule has 16 heavy (non-hydrogen) atoms. The Balaban J connectivity index is 5.18. The molecule has 0 saturated carbocycles. The molecule has 7 heteroatoms. The van der Waals surface area contributed by atoms with Crippen LogP contribution in [0.1, 0.15) is 20.8 Å². The van der Waals surface area contributed by atoms with Crippen LogP contribution < -0.4 is 0 Å². The van der Waals surface area contributed by atoms with Crippen molar-refractivity contribution >= 4 is 29.2 Å². The molecule has 0 fully saturated rings. The first-order chi connectivity index (χ1) is 6.98. The van der Waals surface area contributed by atoms with E-state index in [1.54, 1.807) is 0 Å². The van der Waals surface area contributed by atoms with Crippen LogP contribution in [0, 0.1) is 0 Å². The Morgan fingerprint density at radius 1 is 1.25 bits per heavy atom. The molecule has 2 nitrogen and oxygen atoms in total. The number of hydrogen-bond donors (Lipinski definition) is 0. The van der Waals surface area contributed by atoms with Crippen molar-refractivity contribution in [2.75, 3.05) is 0 Å². The third kappa shape index (κ3) is 4.22. The summed E-state index contributed by atoms with van der Waals surface area (Å²) in [6.07, 6.45) is -5.62. The average Bonchev–Trinajstić information content (AvgIpc) is 1.98. The standard InChI is InChI=1S/C9H11Cl2F3O2/c1-5(2)4-7(16-6(3)15)8(10,11)9(12,13)14/h4,7H,1-3H3. The van der Waals surface area contributed by atoms with Gasteiger partial charge in [0.1, 0.15) is 0 Å². The number of halogens is 5. The third-order valence-corrected chi connectivity index (χ3v) is 2.37. The Hall–Kier alpha value is -0.420. The van der Waals surface area contributed by atoms with E-state index in [0.717, 1.165) is 13.0 Å². The highest BCUT2D eigenvalue weighted by atomic mass is 35.5. The zero-order chi connectivity index (χ0) is 13.1. The van der Waals surface area contributed by atoms with Gasteiger partial charge in [0.25, 0.3) is 4.33 Å². The maximum atomic E-state index is 12.5. The van der Waals surface area contributed by atoms with Gasteiger partial charge in [-0.05, 0) is 19.9 Å². The summed E-state index contributed by atoms with van der Waals surface area (Å²) in [5.74, 6) is -0.891. The number of alkyl halides is 5. The molecule has 0 aromatic rings. The van der Waals surface area contributed by atoms with Crippen LogP contribution in [0.5, 0.6) is 0 Å². The summed E-state index contributed by atoms with van der Waals surface area (Å²) in [6, 6.07) is 0. The zero-order valence-corrected chi connectivity index (χ0v) is 10.4. The van der Waals surface area contributed by atoms with E-state index in [-0.39, 0.29) is 0 Å². The van der Waals surface area contributed by atoms with Crippen molar-refractivity contribution in [1.82, 2.24) is 0 Å². The number of ether oxygens (including phenoxy) is 1. The molecule has 1 atom stereocenters. The Morgan fingerprint density at radius 3 is 1.94 bits per heavy atom. The van der Waals surface area contributed by atoms with Crippen LogP contribution in [-0.4, -0.2) is 22.6 Å². The number of carbonyl (C=O) groups excluding carboxylic acids is 1. The highest BCUT2D eigenvalue weighted by molar-refractivity contribution is 6.49. The van der Waals surface area contributed by atoms with E-state index in [1.807, 2.05) is 0 Å². The first-order valence-electron chi connectivity index (χ1n) is 4.25. The van der Waals surface area contributed by atoms with Gasteiger partial charge < -0.3 is 4.74 Å². The number of esters is 1. The summed E-state index contributed by atoms with van der Waals surface area (Å²) in [7, 11) is 0. The second-order valence-electron chi connectivity index (χ2n) is 3.39. The molecule has 94 valence electrons. The van der Waals surface area contributed by atoms with Crippen LogP contribution in [0.25, 0.3) is 0 Å². The lowest BCUT2D eigenvalue weighted by Gasteiger charge is -2.29. The van der Waals surface area contributed by atoms with Crippen LogP contribution in [0.2, 0.25) is 0 Å². The second-order valence-corrected chi connectivity index (χ2v) is 4.78. The predicted octanol–water partition coefficient (Wildman–Crippen LogP) is 3.62. The quantitative estimate of drug-likeness (QED) is 0.448. The first kappa shape index (κ1) is 15.6. The van der Waals surface area contributed by atoms with Gasteiger partial charge in [-0.3, -0.25) is 4.79 Å². The van der Waals surface area contributed by atoms with E-state index in [2.05, 4.69) is 4.74 Å². The molecular weight excluding hydrogens is 268 g/mol. The van der Waals surface area contributed by atoms with Crippen LogP contribution in [-0.2, 0) is 9.53 Å². The summed E-state index contributed by atoms with van der Waals surface area (Å²) < 4.78 is 38.8. The third-order valence-electron chi connectivity index (χ3n) is 1.51. The largest absolute Gasteiger partial charge is 0.455 e. The lowest BCUT2D eigenvalue weighted by Crippen LogP contribution is -2.46. The Morgan fingerprint density at radius 2 is 1.69 bits per heavy atom. The van der Waals surface area contributed by atoms with E-state index < -0.39 is 22.6 Å². The molecule has 0 aliphatic rings. The summed E-state index contributed by atoms with van der Waals surface area (Å²) >= 11 is 10.4. The fourth-order valence-electron chi connectivity index (χ4n) is 0.856. The first-order valence-corrected chi connectivity index (χ1v) is 5.01. The fraction of sp³-hybridized carbons (Fsp3) is 0.667. The fourth-order valence-corrected chi connectivity index (χ4v) is 1.07. The normalized spacial score (nSPS) is 14.2. The van der Waals surface area contributed by atoms with Gasteiger partial charge in [0.2, 0.25) is 0 Å². The van der Waals surface area contributed by atoms with E-state index in [9.17, 15) is 18.0 Å². The Kier molecular flexibility index (Phi) is 5.14. The van der Waals surface area contributed by atoms with Gasteiger partial charge >= 0.3 is 12.1 Å². The van der Waals surface area contributed by atoms with Crippen LogP contribution >= 0.6 is 23.2 Å². The molecule has 0 radical (unpaired) electrons. The second kappa shape index (κ2) is 5.27. The van der Waals surface area contributed by atoms with Gasteiger partial charge in [0.15, 0.2) is 6.10 Å². The lowest BCUT2D eigenvalue weighted by atomic mass is 10.1. The number of carbonyl (C=O) groups is 1. The summed E-state index contributed by atoms with van der Waals surface area (Å²) in [4.78, 5) is 10.7. The molecule has 0 heterocycles. The van der Waals surface area contributed by atoms with Crippen molar-refractivity contribution in [1.29, 1.82) is 0 Å². The number of allylic oxidation sites excluding steroid dienone is 1. The Bertz CT molecular complexity index is 294. The summed E-state index contributed by atoms with van der Waals surface area (Å²) in [5, 5.41) is 0. The lowest BCUT2D eigenvalue weighted by molar-refractivity contribution is -0.171. The van der Waals surface area contributed by atoms with Crippen molar-refractivity contribution < 1.29 is 22.7 Å². The molecule has 0 aliphatic heterocycles. The summed E-state index contributed by atoms with van der Waals surface area (Å²) in [6.45, 7) is 4.06. The molecule has 0 spiro atoms. The van der Waals surface area contributed by atoms with Gasteiger partial charge in [-0.15, -0.1) is 0 Å². The molecule has 0 N–H and O–H groups in total. The van der Waals surface area contributed by atoms with Crippen LogP contribution in [0.4, 0.5) is 13.2 Å². The van der Waals surface area contributed by atoms with Gasteiger partial charge in [0, 0.05) is 6.92 Å². The molecule has 0 aromatic heterocycles. The molecule has 0 bridgehead atoms. The summed E-state index contributed by atoms with van der Waals surface area (Å²) in [5.41, 5.74) is 0.501. The van der Waals surface area contributed by atoms with Crippen LogP contribution in [0.15, 0.2) is 11.6 Å². The smallest absolute Gasteiger partial charge is 0.425 e. The minimum atomic E-state index is -4.90. The van der Waals surface area contributed by atoms with E-state index in [0.29, 0.717) is 5.57 Å². The maximum absolute atomic E-state index is 12.5. The van der Waals surface area contributed by atoms with Crippen molar-refractivity contribution in [3.8, 4) is 0 Å². The van der Waals surface area contributed by atoms with Crippen molar-refractivity contribution in [3.05, 3.63) is 11.6 Å². The van der Waals surface area contributed by atoms with Gasteiger partial charge in [-0.25, -0.2) is 0 Å². The molecule has 1 unspecified atom stereocenters. The Labute approximate surface area is 101 Å². The zero-order valence-electron chi connectivity index (χ0n) is 8.86. The van der Waals surface area contributed by atoms with Crippen molar-refractivity contribution in [3.63, 3.8) is 0 Å². The maximum Gasteiger partial charge on any atom is 0.425 e. The SMILES string of the molecule is CC(=O)OC(C=C(C)C)C(Cl)(Cl)C(F)(F)F. The number of hydrogen-bond acceptors (Lipinski definition) is 2. The molecule has 0 saturated heterocycles. The van der Waals surface area contributed by atoms with Crippen molar-refractivity contribution in [2.45, 2.75) is 37.4 Å². The topological polar surface area (TPSA) is 26.3 Å². The number of rotatable bonds is 3. The molecular formula is C9H11Cl2F3O2. The van der Waals surface area contributed by atoms with Gasteiger partial charge in [-0.1, -0.05) is 28.8 Å². The highest BCUT2D eigenvalue weighted by Crippen LogP contribution is 2.44. The van der Waals surface area contributed by atoms with E-state index in [4.69, 9.17) is 23.2 Å². The minimum Gasteiger partial charge on any atom is -0.455 e. The molecule has 0 rings (SSSR count). The highest BCUT2D eigenvalue weighted by Gasteiger charge is 2.58. The van der Waals surface area contributed by atoms with Gasteiger partial charge in [0.05, 0.1) is 0 Å². The van der Waals surface area contributed by atoms with E-state index >= 15 is 0 Å². The molecule has 0 amide bonds. The van der Waals surface area contributed by atoms with Crippen molar-refractivity contribution in [2.24, 2.45) is 0 Å². The van der Waals surface area contributed by atoms with E-state index in [1.165, 1.54) is 13.8 Å². The average molecular weight is 279 g/mol. The minimum absolute atomic E-state index is 0.501. The van der Waals surface area contributed by atoms with Crippen LogP contribution in [0.3, 0.4) is 0 Å². The molecule has 0 aromatic carbocycles.